The normalized spacial score (nSPS) is 42.4. The first kappa shape index (κ1) is 18.7. The van der Waals surface area contributed by atoms with Crippen molar-refractivity contribution in [2.75, 3.05) is 19.8 Å². The minimum Gasteiger partial charge on any atom is -0.414 e. The van der Waals surface area contributed by atoms with Crippen LogP contribution < -0.4 is 0 Å². The quantitative estimate of drug-likeness (QED) is 0.745. The number of rotatable bonds is 5. The predicted molar refractivity (Wildman–Crippen MR) is 87.9 cm³/mol. The van der Waals surface area contributed by atoms with Gasteiger partial charge in [0.15, 0.2) is 14.6 Å². The molecule has 0 aromatic heterocycles. The number of aliphatic hydroxyl groups is 1. The topological polar surface area (TPSA) is 75.6 Å². The van der Waals surface area contributed by atoms with Crippen molar-refractivity contribution in [2.24, 2.45) is 0 Å². The van der Waals surface area contributed by atoms with Gasteiger partial charge in [-0.15, -0.1) is 0 Å². The molecule has 1 unspecified atom stereocenters. The monoisotopic (exact) mass is 362 g/mol. The second-order valence-corrected chi connectivity index (χ2v) is 13.1. The fourth-order valence-corrected chi connectivity index (χ4v) is 4.04. The molecule has 1 N–H and O–H groups in total. The van der Waals surface area contributed by atoms with Crippen LogP contribution in [0.2, 0.25) is 18.1 Å². The first-order valence-corrected chi connectivity index (χ1v) is 11.5. The number of hydrogen-bond donors (Lipinski definition) is 1. The van der Waals surface area contributed by atoms with Gasteiger partial charge in [-0.1, -0.05) is 20.8 Å². The zero-order valence-corrected chi connectivity index (χ0v) is 16.4. The maximum absolute atomic E-state index is 10.4. The van der Waals surface area contributed by atoms with Gasteiger partial charge in [-0.3, -0.25) is 0 Å². The van der Waals surface area contributed by atoms with Crippen molar-refractivity contribution in [3.63, 3.8) is 0 Å². The predicted octanol–water partition coefficient (Wildman–Crippen LogP) is 1.60. The smallest absolute Gasteiger partial charge is 0.272 e. The number of ether oxygens (including phenoxy) is 5. The highest BCUT2D eigenvalue weighted by Crippen LogP contribution is 2.45. The van der Waals surface area contributed by atoms with Crippen LogP contribution in [-0.2, 0) is 28.1 Å². The van der Waals surface area contributed by atoms with E-state index in [1.807, 2.05) is 6.92 Å². The molecule has 2 bridgehead atoms. The third-order valence-corrected chi connectivity index (χ3v) is 10.1. The van der Waals surface area contributed by atoms with Crippen molar-refractivity contribution >= 4 is 8.32 Å². The minimum atomic E-state index is -1.95. The van der Waals surface area contributed by atoms with Gasteiger partial charge in [0, 0.05) is 6.61 Å². The molecule has 24 heavy (non-hydrogen) atoms. The van der Waals surface area contributed by atoms with E-state index in [1.165, 1.54) is 0 Å². The average molecular weight is 362 g/mol. The van der Waals surface area contributed by atoms with E-state index < -0.39 is 45.0 Å². The molecular formula is C16H30O7Si. The van der Waals surface area contributed by atoms with E-state index in [4.69, 9.17) is 28.1 Å². The standard InChI is InChI=1S/C16H30O7Si/c1-7-18-14-21-11-10(17)13-19-8-16(23-13,12(11)22-14)9-20-24(5,6)15(2,3)4/h10-14,17H,7-9H2,1-6H3/t10-,11-,12-,13+,14?,16-/m1/s1. The van der Waals surface area contributed by atoms with Crippen molar-refractivity contribution in [2.45, 2.75) is 82.5 Å². The van der Waals surface area contributed by atoms with Crippen molar-refractivity contribution in [1.29, 1.82) is 0 Å². The Bertz CT molecular complexity index is 466. The highest BCUT2D eigenvalue weighted by molar-refractivity contribution is 6.74. The molecule has 6 atom stereocenters. The molecule has 3 rings (SSSR count). The third kappa shape index (κ3) is 3.07. The lowest BCUT2D eigenvalue weighted by molar-refractivity contribution is -0.248. The fourth-order valence-electron chi connectivity index (χ4n) is 3.00. The summed E-state index contributed by atoms with van der Waals surface area (Å²) in [7, 11) is -1.95. The Labute approximate surface area is 144 Å². The zero-order chi connectivity index (χ0) is 17.8. The van der Waals surface area contributed by atoms with E-state index in [-0.39, 0.29) is 5.04 Å². The van der Waals surface area contributed by atoms with Gasteiger partial charge in [-0.2, -0.15) is 0 Å². The zero-order valence-electron chi connectivity index (χ0n) is 15.4. The summed E-state index contributed by atoms with van der Waals surface area (Å²) in [5.41, 5.74) is -0.768. The highest BCUT2D eigenvalue weighted by Gasteiger charge is 2.65. The van der Waals surface area contributed by atoms with E-state index in [2.05, 4.69) is 33.9 Å². The van der Waals surface area contributed by atoms with Gasteiger partial charge in [0.1, 0.15) is 23.9 Å². The van der Waals surface area contributed by atoms with Crippen LogP contribution in [0.3, 0.4) is 0 Å². The molecule has 0 aromatic carbocycles. The Morgan fingerprint density at radius 3 is 2.58 bits per heavy atom. The molecule has 3 aliphatic heterocycles. The minimum absolute atomic E-state index is 0.0942. The molecule has 7 nitrogen and oxygen atoms in total. The summed E-state index contributed by atoms with van der Waals surface area (Å²) < 4.78 is 35.0. The van der Waals surface area contributed by atoms with Crippen LogP contribution in [0.5, 0.6) is 0 Å². The lowest BCUT2D eigenvalue weighted by Gasteiger charge is -2.43. The molecule has 3 fully saturated rings. The van der Waals surface area contributed by atoms with Crippen LogP contribution in [0.1, 0.15) is 27.7 Å². The van der Waals surface area contributed by atoms with Crippen LogP contribution in [0, 0.1) is 0 Å². The van der Waals surface area contributed by atoms with Crippen LogP contribution in [0.15, 0.2) is 0 Å². The van der Waals surface area contributed by atoms with E-state index >= 15 is 0 Å². The fraction of sp³-hybridized carbons (Fsp3) is 1.00. The molecule has 3 aliphatic rings. The Morgan fingerprint density at radius 2 is 1.96 bits per heavy atom. The molecular weight excluding hydrogens is 332 g/mol. The Balaban J connectivity index is 1.76. The molecule has 0 amide bonds. The summed E-state index contributed by atoms with van der Waals surface area (Å²) in [5.74, 6) is 0. The van der Waals surface area contributed by atoms with Gasteiger partial charge in [0.05, 0.1) is 13.2 Å². The summed E-state index contributed by atoms with van der Waals surface area (Å²) in [4.78, 5) is 0. The Kier molecular flexibility index (Phi) is 4.90. The van der Waals surface area contributed by atoms with Crippen molar-refractivity contribution in [3.05, 3.63) is 0 Å². The van der Waals surface area contributed by atoms with Crippen LogP contribution >= 0.6 is 0 Å². The maximum atomic E-state index is 10.4. The molecule has 3 heterocycles. The highest BCUT2D eigenvalue weighted by atomic mass is 28.4. The van der Waals surface area contributed by atoms with Gasteiger partial charge in [-0.05, 0) is 25.1 Å². The summed E-state index contributed by atoms with van der Waals surface area (Å²) in [6.45, 7) is 13.2. The van der Waals surface area contributed by atoms with Crippen molar-refractivity contribution < 1.29 is 33.2 Å². The summed E-state index contributed by atoms with van der Waals surface area (Å²) in [5, 5.41) is 10.5. The van der Waals surface area contributed by atoms with Gasteiger partial charge in [0.2, 0.25) is 0 Å². The van der Waals surface area contributed by atoms with Crippen LogP contribution in [-0.4, -0.2) is 69.9 Å². The molecule has 0 aromatic rings. The number of fused-ring (bicyclic) bond motifs is 4. The van der Waals surface area contributed by atoms with Crippen molar-refractivity contribution in [3.8, 4) is 0 Å². The first-order chi connectivity index (χ1) is 11.1. The molecule has 8 heteroatoms. The van der Waals surface area contributed by atoms with E-state index in [0.29, 0.717) is 19.8 Å². The largest absolute Gasteiger partial charge is 0.414 e. The molecule has 140 valence electrons. The van der Waals surface area contributed by atoms with Gasteiger partial charge < -0.3 is 33.2 Å². The van der Waals surface area contributed by atoms with Crippen LogP contribution in [0.25, 0.3) is 0 Å². The number of hydrogen-bond acceptors (Lipinski definition) is 7. The van der Waals surface area contributed by atoms with E-state index in [0.717, 1.165) is 0 Å². The summed E-state index contributed by atoms with van der Waals surface area (Å²) in [6, 6.07) is 0. The summed E-state index contributed by atoms with van der Waals surface area (Å²) >= 11 is 0. The molecule has 0 spiro atoms. The van der Waals surface area contributed by atoms with Gasteiger partial charge in [-0.25, -0.2) is 0 Å². The molecule has 0 saturated carbocycles. The molecule has 0 radical (unpaired) electrons. The average Bonchev–Trinajstić information content (AvgIpc) is 3.07. The lowest BCUT2D eigenvalue weighted by atomic mass is 9.90. The third-order valence-electron chi connectivity index (χ3n) is 5.59. The summed E-state index contributed by atoms with van der Waals surface area (Å²) in [6.07, 6.45) is -2.62. The SMILES string of the molecule is CCOC1O[C@@H]2[C@@H](O)[C@H]3OC[C@](CO[Si](C)(C)C(C)(C)C)(O3)[C@@H]2O1. The Morgan fingerprint density at radius 1 is 1.25 bits per heavy atom. The van der Waals surface area contributed by atoms with Crippen LogP contribution in [0.4, 0.5) is 0 Å². The van der Waals surface area contributed by atoms with Crippen molar-refractivity contribution in [1.82, 2.24) is 0 Å². The number of aliphatic hydroxyl groups excluding tert-OH is 1. The van der Waals surface area contributed by atoms with Gasteiger partial charge in [0.25, 0.3) is 6.48 Å². The van der Waals surface area contributed by atoms with Gasteiger partial charge >= 0.3 is 0 Å². The van der Waals surface area contributed by atoms with E-state index in [1.54, 1.807) is 0 Å². The lowest BCUT2D eigenvalue weighted by Crippen LogP contribution is -2.62. The first-order valence-electron chi connectivity index (χ1n) is 8.64. The maximum Gasteiger partial charge on any atom is 0.272 e. The second-order valence-electron chi connectivity index (χ2n) is 8.30. The second kappa shape index (κ2) is 6.28. The Hall–Kier alpha value is -0.0631. The molecule has 3 saturated heterocycles. The molecule has 0 aliphatic carbocycles. The van der Waals surface area contributed by atoms with E-state index in [9.17, 15) is 5.11 Å².